The first-order valence-electron chi connectivity index (χ1n) is 6.00. The molecule has 0 saturated carbocycles. The molecule has 1 aromatic rings. The molecule has 1 saturated heterocycles. The number of carbonyl (C=O) groups excluding carboxylic acids is 1. The second kappa shape index (κ2) is 5.35. The van der Waals surface area contributed by atoms with Gasteiger partial charge in [0.1, 0.15) is 11.6 Å². The molecule has 2 N–H and O–H groups in total. The smallest absolute Gasteiger partial charge is 0.257 e. The molecule has 1 aliphatic rings. The number of carbonyl (C=O) groups is 1. The van der Waals surface area contributed by atoms with Crippen molar-refractivity contribution in [2.24, 2.45) is 5.92 Å². The van der Waals surface area contributed by atoms with Crippen molar-refractivity contribution >= 4 is 5.91 Å². The number of piperidine rings is 1. The number of amides is 1. The summed E-state index contributed by atoms with van der Waals surface area (Å²) in [5.41, 5.74) is -0.00236. The number of halogens is 1. The normalized spacial score (nSPS) is 16.9. The van der Waals surface area contributed by atoms with Crippen LogP contribution in [-0.4, -0.2) is 40.7 Å². The maximum absolute atomic E-state index is 13.1. The van der Waals surface area contributed by atoms with Gasteiger partial charge in [0, 0.05) is 19.7 Å². The molecule has 0 unspecified atom stereocenters. The van der Waals surface area contributed by atoms with Crippen LogP contribution in [0, 0.1) is 11.7 Å². The molecule has 0 radical (unpaired) electrons. The van der Waals surface area contributed by atoms with Crippen LogP contribution in [0.15, 0.2) is 18.2 Å². The van der Waals surface area contributed by atoms with E-state index in [-0.39, 0.29) is 29.7 Å². The van der Waals surface area contributed by atoms with Gasteiger partial charge in [-0.1, -0.05) is 0 Å². The number of rotatable bonds is 2. The Morgan fingerprint density at radius 3 is 2.67 bits per heavy atom. The number of aliphatic hydroxyl groups excluding tert-OH is 1. The summed E-state index contributed by atoms with van der Waals surface area (Å²) >= 11 is 0. The van der Waals surface area contributed by atoms with Gasteiger partial charge in [0.25, 0.3) is 5.91 Å². The predicted molar refractivity (Wildman–Crippen MR) is 63.8 cm³/mol. The molecule has 98 valence electrons. The fourth-order valence-corrected chi connectivity index (χ4v) is 2.17. The van der Waals surface area contributed by atoms with Crippen LogP contribution in [0.5, 0.6) is 5.75 Å². The number of hydrogen-bond donors (Lipinski definition) is 2. The molecular weight excluding hydrogens is 237 g/mol. The quantitative estimate of drug-likeness (QED) is 0.837. The zero-order valence-corrected chi connectivity index (χ0v) is 9.97. The van der Waals surface area contributed by atoms with E-state index in [4.69, 9.17) is 5.11 Å². The average Bonchev–Trinajstić information content (AvgIpc) is 2.41. The molecule has 1 amide bonds. The minimum absolute atomic E-state index is 0.00236. The minimum Gasteiger partial charge on any atom is -0.507 e. The molecule has 0 aromatic heterocycles. The summed E-state index contributed by atoms with van der Waals surface area (Å²) in [5, 5.41) is 18.6. The lowest BCUT2D eigenvalue weighted by molar-refractivity contribution is 0.0647. The first kappa shape index (κ1) is 12.8. The number of likely N-dealkylation sites (tertiary alicyclic amines) is 1. The van der Waals surface area contributed by atoms with E-state index in [1.165, 1.54) is 6.07 Å². The van der Waals surface area contributed by atoms with E-state index in [1.54, 1.807) is 4.90 Å². The Labute approximate surface area is 105 Å². The van der Waals surface area contributed by atoms with E-state index in [0.717, 1.165) is 25.0 Å². The van der Waals surface area contributed by atoms with E-state index in [9.17, 15) is 14.3 Å². The summed E-state index contributed by atoms with van der Waals surface area (Å²) in [6, 6.07) is 3.35. The van der Waals surface area contributed by atoms with Gasteiger partial charge in [0.05, 0.1) is 5.56 Å². The van der Waals surface area contributed by atoms with Crippen LogP contribution in [-0.2, 0) is 0 Å². The zero-order chi connectivity index (χ0) is 13.1. The lowest BCUT2D eigenvalue weighted by atomic mass is 9.97. The average molecular weight is 253 g/mol. The molecular formula is C13H16FNO3. The Morgan fingerprint density at radius 2 is 2.06 bits per heavy atom. The van der Waals surface area contributed by atoms with Crippen molar-refractivity contribution in [2.45, 2.75) is 12.8 Å². The van der Waals surface area contributed by atoms with Crippen LogP contribution in [0.1, 0.15) is 23.2 Å². The van der Waals surface area contributed by atoms with Crippen molar-refractivity contribution in [2.75, 3.05) is 19.7 Å². The first-order chi connectivity index (χ1) is 8.61. The van der Waals surface area contributed by atoms with Crippen molar-refractivity contribution in [1.82, 2.24) is 4.90 Å². The van der Waals surface area contributed by atoms with Crippen molar-refractivity contribution in [3.63, 3.8) is 0 Å². The van der Waals surface area contributed by atoms with Gasteiger partial charge >= 0.3 is 0 Å². The molecule has 0 bridgehead atoms. The van der Waals surface area contributed by atoms with Crippen LogP contribution >= 0.6 is 0 Å². The van der Waals surface area contributed by atoms with Crippen LogP contribution in [0.25, 0.3) is 0 Å². The highest BCUT2D eigenvalue weighted by molar-refractivity contribution is 5.96. The van der Waals surface area contributed by atoms with Gasteiger partial charge in [0.2, 0.25) is 0 Å². The molecule has 5 heteroatoms. The Hall–Kier alpha value is -1.62. The number of hydrogen-bond acceptors (Lipinski definition) is 3. The van der Waals surface area contributed by atoms with Crippen molar-refractivity contribution in [3.8, 4) is 5.75 Å². The van der Waals surface area contributed by atoms with Crippen LogP contribution < -0.4 is 0 Å². The second-order valence-electron chi connectivity index (χ2n) is 4.58. The molecule has 0 spiro atoms. The van der Waals surface area contributed by atoms with Crippen LogP contribution in [0.3, 0.4) is 0 Å². The summed E-state index contributed by atoms with van der Waals surface area (Å²) < 4.78 is 13.1. The lowest BCUT2D eigenvalue weighted by Gasteiger charge is -2.31. The van der Waals surface area contributed by atoms with Gasteiger partial charge in [-0.05, 0) is 37.0 Å². The van der Waals surface area contributed by atoms with Gasteiger partial charge in [-0.25, -0.2) is 4.39 Å². The van der Waals surface area contributed by atoms with Crippen LogP contribution in [0.2, 0.25) is 0 Å². The summed E-state index contributed by atoms with van der Waals surface area (Å²) in [7, 11) is 0. The standard InChI is InChI=1S/C13H16FNO3/c14-10-1-2-12(17)11(7-10)13(18)15-5-3-9(8-16)4-6-15/h1-2,7,9,16-17H,3-6,8H2. The molecule has 0 aliphatic carbocycles. The third-order valence-corrected chi connectivity index (χ3v) is 3.35. The van der Waals surface area contributed by atoms with Crippen molar-refractivity contribution in [3.05, 3.63) is 29.6 Å². The molecule has 1 fully saturated rings. The molecule has 0 atom stereocenters. The zero-order valence-electron chi connectivity index (χ0n) is 9.97. The summed E-state index contributed by atoms with van der Waals surface area (Å²) in [4.78, 5) is 13.7. The van der Waals surface area contributed by atoms with Gasteiger partial charge in [-0.3, -0.25) is 4.79 Å². The SMILES string of the molecule is O=C(c1cc(F)ccc1O)N1CCC(CO)CC1. The number of nitrogens with zero attached hydrogens (tertiary/aromatic N) is 1. The third kappa shape index (κ3) is 2.61. The molecule has 1 heterocycles. The minimum atomic E-state index is -0.540. The highest BCUT2D eigenvalue weighted by atomic mass is 19.1. The molecule has 2 rings (SSSR count). The molecule has 4 nitrogen and oxygen atoms in total. The summed E-state index contributed by atoms with van der Waals surface area (Å²) in [6.07, 6.45) is 1.47. The molecule has 1 aromatic carbocycles. The highest BCUT2D eigenvalue weighted by Crippen LogP contribution is 2.23. The maximum atomic E-state index is 13.1. The van der Waals surface area contributed by atoms with Gasteiger partial charge in [0.15, 0.2) is 0 Å². The lowest BCUT2D eigenvalue weighted by Crippen LogP contribution is -2.39. The van der Waals surface area contributed by atoms with Gasteiger partial charge in [-0.2, -0.15) is 0 Å². The Balaban J connectivity index is 2.10. The monoisotopic (exact) mass is 253 g/mol. The Kier molecular flexibility index (Phi) is 3.81. The van der Waals surface area contributed by atoms with E-state index in [2.05, 4.69) is 0 Å². The number of aromatic hydroxyl groups is 1. The number of phenolic OH excluding ortho intramolecular Hbond substituents is 1. The van der Waals surface area contributed by atoms with Crippen molar-refractivity contribution in [1.29, 1.82) is 0 Å². The highest BCUT2D eigenvalue weighted by Gasteiger charge is 2.24. The molecule has 1 aliphatic heterocycles. The number of aliphatic hydroxyl groups is 1. The second-order valence-corrected chi connectivity index (χ2v) is 4.58. The predicted octanol–water partition coefficient (Wildman–Crippen LogP) is 1.38. The fourth-order valence-electron chi connectivity index (χ4n) is 2.17. The number of benzene rings is 1. The number of phenols is 1. The fraction of sp³-hybridized carbons (Fsp3) is 0.462. The Bertz CT molecular complexity index is 442. The van der Waals surface area contributed by atoms with Crippen molar-refractivity contribution < 1.29 is 19.4 Å². The summed E-state index contributed by atoms with van der Waals surface area (Å²) in [5.74, 6) is -0.870. The third-order valence-electron chi connectivity index (χ3n) is 3.35. The Morgan fingerprint density at radius 1 is 1.39 bits per heavy atom. The molecule has 18 heavy (non-hydrogen) atoms. The van der Waals surface area contributed by atoms with Crippen LogP contribution in [0.4, 0.5) is 4.39 Å². The summed E-state index contributed by atoms with van der Waals surface area (Å²) in [6.45, 7) is 1.19. The first-order valence-corrected chi connectivity index (χ1v) is 6.00. The van der Waals surface area contributed by atoms with Gasteiger partial charge < -0.3 is 15.1 Å². The maximum Gasteiger partial charge on any atom is 0.257 e. The largest absolute Gasteiger partial charge is 0.507 e. The van der Waals surface area contributed by atoms with E-state index >= 15 is 0 Å². The van der Waals surface area contributed by atoms with E-state index in [0.29, 0.717) is 13.1 Å². The topological polar surface area (TPSA) is 60.8 Å². The van der Waals surface area contributed by atoms with E-state index < -0.39 is 5.82 Å². The van der Waals surface area contributed by atoms with Gasteiger partial charge in [-0.15, -0.1) is 0 Å². The van der Waals surface area contributed by atoms with E-state index in [1.807, 2.05) is 0 Å².